The number of aromatic nitrogens is 2. The zero-order valence-electron chi connectivity index (χ0n) is 12.1. The zero-order chi connectivity index (χ0) is 13.5. The van der Waals surface area contributed by atoms with Crippen LogP contribution in [-0.2, 0) is 6.54 Å². The maximum absolute atomic E-state index is 4.43. The summed E-state index contributed by atoms with van der Waals surface area (Å²) >= 11 is 0. The molecule has 0 aliphatic carbocycles. The van der Waals surface area contributed by atoms with Gasteiger partial charge in [-0.3, -0.25) is 0 Å². The Hall–Kier alpha value is -1.20. The van der Waals surface area contributed by atoms with Gasteiger partial charge < -0.3 is 15.1 Å². The molecule has 0 radical (unpaired) electrons. The summed E-state index contributed by atoms with van der Waals surface area (Å²) in [6, 6.07) is 0. The summed E-state index contributed by atoms with van der Waals surface area (Å²) in [6.45, 7) is 8.51. The average molecular weight is 263 g/mol. The van der Waals surface area contributed by atoms with Crippen molar-refractivity contribution in [3.05, 3.63) is 18.0 Å². The smallest absolute Gasteiger partial charge is 0.225 e. The van der Waals surface area contributed by atoms with Gasteiger partial charge in [0, 0.05) is 44.6 Å². The third-order valence-electron chi connectivity index (χ3n) is 3.56. The van der Waals surface area contributed by atoms with Gasteiger partial charge in [0.1, 0.15) is 0 Å². The van der Waals surface area contributed by atoms with E-state index in [9.17, 15) is 0 Å². The number of nitrogens with zero attached hydrogens (tertiary/aromatic N) is 4. The van der Waals surface area contributed by atoms with Gasteiger partial charge in [0.05, 0.1) is 0 Å². The topological polar surface area (TPSA) is 44.3 Å². The van der Waals surface area contributed by atoms with Gasteiger partial charge in [-0.25, -0.2) is 9.97 Å². The van der Waals surface area contributed by atoms with Gasteiger partial charge in [-0.15, -0.1) is 0 Å². The molecule has 1 fully saturated rings. The van der Waals surface area contributed by atoms with Crippen molar-refractivity contribution in [2.75, 3.05) is 44.7 Å². The van der Waals surface area contributed by atoms with Crippen LogP contribution in [0.3, 0.4) is 0 Å². The van der Waals surface area contributed by atoms with Crippen molar-refractivity contribution in [3.8, 4) is 0 Å². The molecule has 1 saturated heterocycles. The van der Waals surface area contributed by atoms with Crippen LogP contribution >= 0.6 is 0 Å². The maximum Gasteiger partial charge on any atom is 0.225 e. The second kappa shape index (κ2) is 7.40. The van der Waals surface area contributed by atoms with E-state index < -0.39 is 0 Å². The van der Waals surface area contributed by atoms with E-state index in [-0.39, 0.29) is 0 Å². The molecule has 2 rings (SSSR count). The van der Waals surface area contributed by atoms with E-state index >= 15 is 0 Å². The molecule has 19 heavy (non-hydrogen) atoms. The standard InChI is InChI=1S/C14H25N5/c1-3-15-10-13-11-16-14(17-12-13)18(2)8-9-19-6-4-5-7-19/h11-12,15H,3-10H2,1-2H3. The first kappa shape index (κ1) is 14.2. The second-order valence-corrected chi connectivity index (χ2v) is 5.14. The summed E-state index contributed by atoms with van der Waals surface area (Å²) in [4.78, 5) is 13.5. The SMILES string of the molecule is CCNCc1cnc(N(C)CCN2CCCC2)nc1. The molecule has 0 bridgehead atoms. The number of hydrogen-bond donors (Lipinski definition) is 1. The first-order valence-corrected chi connectivity index (χ1v) is 7.24. The van der Waals surface area contributed by atoms with Crippen LogP contribution < -0.4 is 10.2 Å². The van der Waals surface area contributed by atoms with Crippen LogP contribution in [0.2, 0.25) is 0 Å². The minimum Gasteiger partial charge on any atom is -0.343 e. The van der Waals surface area contributed by atoms with Crippen LogP contribution in [-0.4, -0.2) is 54.6 Å². The van der Waals surface area contributed by atoms with Crippen LogP contribution in [0, 0.1) is 0 Å². The minimum absolute atomic E-state index is 0.819. The van der Waals surface area contributed by atoms with E-state index in [1.165, 1.54) is 25.9 Å². The van der Waals surface area contributed by atoms with Gasteiger partial charge in [-0.1, -0.05) is 6.92 Å². The largest absolute Gasteiger partial charge is 0.343 e. The van der Waals surface area contributed by atoms with Crippen LogP contribution in [0.15, 0.2) is 12.4 Å². The lowest BCUT2D eigenvalue weighted by Gasteiger charge is -2.21. The Balaban J connectivity index is 1.79. The molecule has 1 aromatic rings. The Morgan fingerprint density at radius 2 is 1.95 bits per heavy atom. The van der Waals surface area contributed by atoms with E-state index in [0.29, 0.717) is 0 Å². The lowest BCUT2D eigenvalue weighted by atomic mass is 10.3. The molecule has 0 aromatic carbocycles. The van der Waals surface area contributed by atoms with Crippen LogP contribution in [0.4, 0.5) is 5.95 Å². The Labute approximate surface area is 116 Å². The van der Waals surface area contributed by atoms with E-state index in [1.807, 2.05) is 12.4 Å². The molecule has 1 aliphatic rings. The number of likely N-dealkylation sites (tertiary alicyclic amines) is 1. The second-order valence-electron chi connectivity index (χ2n) is 5.14. The van der Waals surface area contributed by atoms with Crippen molar-refractivity contribution >= 4 is 5.95 Å². The highest BCUT2D eigenvalue weighted by Crippen LogP contribution is 2.09. The van der Waals surface area contributed by atoms with Crippen molar-refractivity contribution in [3.63, 3.8) is 0 Å². The molecular weight excluding hydrogens is 238 g/mol. The van der Waals surface area contributed by atoms with Gasteiger partial charge in [-0.05, 0) is 32.5 Å². The van der Waals surface area contributed by atoms with Crippen LogP contribution in [0.5, 0.6) is 0 Å². The lowest BCUT2D eigenvalue weighted by Crippen LogP contribution is -2.32. The Morgan fingerprint density at radius 1 is 1.26 bits per heavy atom. The highest BCUT2D eigenvalue weighted by atomic mass is 15.3. The molecule has 0 spiro atoms. The Kier molecular flexibility index (Phi) is 5.54. The number of anilines is 1. The first-order valence-electron chi connectivity index (χ1n) is 7.24. The molecule has 0 unspecified atom stereocenters. The van der Waals surface area contributed by atoms with Gasteiger partial charge in [0.25, 0.3) is 0 Å². The zero-order valence-corrected chi connectivity index (χ0v) is 12.1. The molecule has 1 aromatic heterocycles. The molecule has 2 heterocycles. The van der Waals surface area contributed by atoms with Gasteiger partial charge in [-0.2, -0.15) is 0 Å². The molecule has 0 amide bonds. The van der Waals surface area contributed by atoms with Crippen molar-refractivity contribution in [2.24, 2.45) is 0 Å². The predicted octanol–water partition coefficient (Wildman–Crippen LogP) is 1.12. The minimum atomic E-state index is 0.819. The van der Waals surface area contributed by atoms with Gasteiger partial charge in [0.2, 0.25) is 5.95 Å². The summed E-state index contributed by atoms with van der Waals surface area (Å²) in [7, 11) is 2.06. The van der Waals surface area contributed by atoms with E-state index in [0.717, 1.165) is 37.7 Å². The number of likely N-dealkylation sites (N-methyl/N-ethyl adjacent to an activating group) is 1. The molecule has 5 heteroatoms. The summed E-state index contributed by atoms with van der Waals surface area (Å²) in [5, 5.41) is 3.28. The van der Waals surface area contributed by atoms with Crippen molar-refractivity contribution in [1.82, 2.24) is 20.2 Å². The molecule has 5 nitrogen and oxygen atoms in total. The summed E-state index contributed by atoms with van der Waals surface area (Å²) in [5.41, 5.74) is 1.14. The lowest BCUT2D eigenvalue weighted by molar-refractivity contribution is 0.346. The molecular formula is C14H25N5. The van der Waals surface area contributed by atoms with E-state index in [4.69, 9.17) is 0 Å². The quantitative estimate of drug-likeness (QED) is 0.798. The first-order chi connectivity index (χ1) is 9.29. The molecule has 0 atom stereocenters. The molecule has 106 valence electrons. The highest BCUT2D eigenvalue weighted by Gasteiger charge is 2.12. The van der Waals surface area contributed by atoms with E-state index in [2.05, 4.69) is 39.1 Å². The third-order valence-corrected chi connectivity index (χ3v) is 3.56. The Morgan fingerprint density at radius 3 is 2.58 bits per heavy atom. The van der Waals surface area contributed by atoms with Crippen molar-refractivity contribution in [1.29, 1.82) is 0 Å². The molecule has 0 saturated carbocycles. The Bertz CT molecular complexity index is 359. The summed E-state index contributed by atoms with van der Waals surface area (Å²) in [5.74, 6) is 0.819. The number of rotatable bonds is 7. The molecule has 1 N–H and O–H groups in total. The van der Waals surface area contributed by atoms with Gasteiger partial charge >= 0.3 is 0 Å². The monoisotopic (exact) mass is 263 g/mol. The highest BCUT2D eigenvalue weighted by molar-refractivity contribution is 5.28. The third kappa shape index (κ3) is 4.44. The fraction of sp³-hybridized carbons (Fsp3) is 0.714. The fourth-order valence-corrected chi connectivity index (χ4v) is 2.30. The van der Waals surface area contributed by atoms with Crippen molar-refractivity contribution < 1.29 is 0 Å². The van der Waals surface area contributed by atoms with Crippen LogP contribution in [0.1, 0.15) is 25.3 Å². The summed E-state index contributed by atoms with van der Waals surface area (Å²) < 4.78 is 0. The number of nitrogens with one attached hydrogen (secondary N) is 1. The maximum atomic E-state index is 4.43. The summed E-state index contributed by atoms with van der Waals surface area (Å²) in [6.07, 6.45) is 6.52. The van der Waals surface area contributed by atoms with Gasteiger partial charge in [0.15, 0.2) is 0 Å². The van der Waals surface area contributed by atoms with E-state index in [1.54, 1.807) is 0 Å². The van der Waals surface area contributed by atoms with Crippen molar-refractivity contribution in [2.45, 2.75) is 26.3 Å². The number of hydrogen-bond acceptors (Lipinski definition) is 5. The predicted molar refractivity (Wildman–Crippen MR) is 78.4 cm³/mol. The fourth-order valence-electron chi connectivity index (χ4n) is 2.30. The normalized spacial score (nSPS) is 15.9. The molecule has 1 aliphatic heterocycles. The van der Waals surface area contributed by atoms with Crippen LogP contribution in [0.25, 0.3) is 0 Å². The average Bonchev–Trinajstić information content (AvgIpc) is 2.96.